The van der Waals surface area contributed by atoms with Crippen LogP contribution in [0.4, 0.5) is 10.1 Å². The normalized spacial score (nSPS) is 16.0. The third-order valence-electron chi connectivity index (χ3n) is 7.44. The molecule has 0 radical (unpaired) electrons. The van der Waals surface area contributed by atoms with Gasteiger partial charge in [0.1, 0.15) is 16.6 Å². The summed E-state index contributed by atoms with van der Waals surface area (Å²) in [7, 11) is 0. The molecule has 4 aromatic heterocycles. The fourth-order valence-corrected chi connectivity index (χ4v) is 5.90. The zero-order chi connectivity index (χ0) is 27.7. The Kier molecular flexibility index (Phi) is 7.96. The third-order valence-corrected chi connectivity index (χ3v) is 7.85. The molecule has 1 aliphatic rings. The molecule has 5 rings (SSSR count). The second kappa shape index (κ2) is 11.4. The molecule has 4 aromatic rings. The molecule has 0 unspecified atom stereocenters. The van der Waals surface area contributed by atoms with E-state index < -0.39 is 5.82 Å². The zero-order valence-electron chi connectivity index (χ0n) is 22.9. The summed E-state index contributed by atoms with van der Waals surface area (Å²) in [6, 6.07) is 9.61. The van der Waals surface area contributed by atoms with E-state index in [4.69, 9.17) is 11.6 Å². The van der Waals surface area contributed by atoms with Gasteiger partial charge in [0.15, 0.2) is 5.43 Å². The lowest BCUT2D eigenvalue weighted by Crippen LogP contribution is -2.48. The molecule has 0 saturated carbocycles. The summed E-state index contributed by atoms with van der Waals surface area (Å²) >= 11 is 6.95. The van der Waals surface area contributed by atoms with E-state index in [0.717, 1.165) is 54.8 Å². The highest BCUT2D eigenvalue weighted by molar-refractivity contribution is 6.30. The Balaban J connectivity index is 1.56. The number of anilines is 1. The van der Waals surface area contributed by atoms with Crippen LogP contribution in [0.3, 0.4) is 0 Å². The number of pyridine rings is 4. The van der Waals surface area contributed by atoms with Crippen molar-refractivity contribution in [2.45, 2.75) is 65.7 Å². The van der Waals surface area contributed by atoms with Gasteiger partial charge in [0.05, 0.1) is 23.5 Å². The maximum absolute atomic E-state index is 14.2. The maximum Gasteiger partial charge on any atom is 0.197 e. The summed E-state index contributed by atoms with van der Waals surface area (Å²) in [5.74, 6) is -0.540. The lowest BCUT2D eigenvalue weighted by molar-refractivity contribution is 0.158. The SMILES string of the molecule is Cc1ccc(N2CCC[C@H](N(Cc3ccnc(C)c3)Cc3c(Cl)n(C(C)C)c4ncc(F)cc4c3=O)C2)cn1. The number of aromatic nitrogens is 4. The van der Waals surface area contributed by atoms with Crippen molar-refractivity contribution in [1.82, 2.24) is 24.4 Å². The van der Waals surface area contributed by atoms with E-state index in [1.807, 2.05) is 56.8 Å². The molecule has 39 heavy (non-hydrogen) atoms. The molecule has 5 heterocycles. The zero-order valence-corrected chi connectivity index (χ0v) is 23.6. The van der Waals surface area contributed by atoms with E-state index in [1.54, 1.807) is 0 Å². The van der Waals surface area contributed by atoms with E-state index in [9.17, 15) is 9.18 Å². The fourth-order valence-electron chi connectivity index (χ4n) is 5.48. The molecule has 1 fully saturated rings. The molecule has 9 heteroatoms. The van der Waals surface area contributed by atoms with Crippen molar-refractivity contribution in [2.75, 3.05) is 18.0 Å². The van der Waals surface area contributed by atoms with Gasteiger partial charge in [-0.3, -0.25) is 19.7 Å². The van der Waals surface area contributed by atoms with Crippen LogP contribution in [0.15, 0.2) is 53.7 Å². The van der Waals surface area contributed by atoms with Crippen molar-refractivity contribution in [3.8, 4) is 0 Å². The molecule has 7 nitrogen and oxygen atoms in total. The monoisotopic (exact) mass is 548 g/mol. The van der Waals surface area contributed by atoms with Gasteiger partial charge in [-0.1, -0.05) is 11.6 Å². The minimum atomic E-state index is -0.540. The number of hydrogen-bond donors (Lipinski definition) is 0. The van der Waals surface area contributed by atoms with Gasteiger partial charge in [-0.15, -0.1) is 0 Å². The lowest BCUT2D eigenvalue weighted by atomic mass is 10.0. The predicted octanol–water partition coefficient (Wildman–Crippen LogP) is 5.85. The fraction of sp³-hybridized carbons (Fsp3) is 0.400. The van der Waals surface area contributed by atoms with Crippen molar-refractivity contribution < 1.29 is 4.39 Å². The summed E-state index contributed by atoms with van der Waals surface area (Å²) in [4.78, 5) is 31.5. The Bertz CT molecular complexity index is 1540. The molecule has 0 N–H and O–H groups in total. The number of aryl methyl sites for hydroxylation is 2. The highest BCUT2D eigenvalue weighted by Gasteiger charge is 2.29. The number of fused-ring (bicyclic) bond motifs is 1. The third kappa shape index (κ3) is 5.82. The quantitative estimate of drug-likeness (QED) is 0.270. The first-order valence-electron chi connectivity index (χ1n) is 13.4. The van der Waals surface area contributed by atoms with Gasteiger partial charge in [-0.25, -0.2) is 9.37 Å². The van der Waals surface area contributed by atoms with Crippen LogP contribution >= 0.6 is 11.6 Å². The molecule has 0 aromatic carbocycles. The molecule has 0 spiro atoms. The Morgan fingerprint density at radius 2 is 1.90 bits per heavy atom. The lowest BCUT2D eigenvalue weighted by Gasteiger charge is -2.40. The average molecular weight is 549 g/mol. The maximum atomic E-state index is 14.2. The largest absolute Gasteiger partial charge is 0.369 e. The van der Waals surface area contributed by atoms with E-state index in [2.05, 4.69) is 36.9 Å². The van der Waals surface area contributed by atoms with Crippen molar-refractivity contribution in [1.29, 1.82) is 0 Å². The average Bonchev–Trinajstić information content (AvgIpc) is 2.91. The van der Waals surface area contributed by atoms with Gasteiger partial charge in [-0.05, 0) is 76.4 Å². The van der Waals surface area contributed by atoms with Crippen molar-refractivity contribution in [3.63, 3.8) is 0 Å². The first kappa shape index (κ1) is 27.2. The van der Waals surface area contributed by atoms with E-state index in [1.165, 1.54) is 6.07 Å². The molecule has 1 aliphatic heterocycles. The molecular formula is C30H34ClFN6O. The Morgan fingerprint density at radius 3 is 2.62 bits per heavy atom. The van der Waals surface area contributed by atoms with Gasteiger partial charge in [-0.2, -0.15) is 0 Å². The summed E-state index contributed by atoms with van der Waals surface area (Å²) < 4.78 is 16.0. The summed E-state index contributed by atoms with van der Waals surface area (Å²) in [5.41, 5.74) is 4.73. The van der Waals surface area contributed by atoms with Crippen LogP contribution in [0, 0.1) is 19.7 Å². The Labute approximate surface area is 233 Å². The van der Waals surface area contributed by atoms with Crippen molar-refractivity contribution >= 4 is 28.3 Å². The van der Waals surface area contributed by atoms with E-state index in [-0.39, 0.29) is 22.9 Å². The Morgan fingerprint density at radius 1 is 1.08 bits per heavy atom. The number of nitrogens with zero attached hydrogens (tertiary/aromatic N) is 6. The van der Waals surface area contributed by atoms with Gasteiger partial charge < -0.3 is 9.47 Å². The van der Waals surface area contributed by atoms with Crippen LogP contribution in [-0.4, -0.2) is 43.6 Å². The van der Waals surface area contributed by atoms with Gasteiger partial charge >= 0.3 is 0 Å². The van der Waals surface area contributed by atoms with Crippen LogP contribution in [-0.2, 0) is 13.1 Å². The van der Waals surface area contributed by atoms with E-state index >= 15 is 0 Å². The molecule has 1 atom stereocenters. The first-order valence-corrected chi connectivity index (χ1v) is 13.8. The Hall–Kier alpha value is -3.36. The second-order valence-electron chi connectivity index (χ2n) is 10.7. The van der Waals surface area contributed by atoms with Gasteiger partial charge in [0.25, 0.3) is 0 Å². The second-order valence-corrected chi connectivity index (χ2v) is 11.1. The first-order chi connectivity index (χ1) is 18.7. The van der Waals surface area contributed by atoms with Crippen molar-refractivity contribution in [2.24, 2.45) is 0 Å². The summed E-state index contributed by atoms with van der Waals surface area (Å²) in [6.07, 6.45) is 6.88. The number of piperidine rings is 1. The highest BCUT2D eigenvalue weighted by Crippen LogP contribution is 2.29. The van der Waals surface area contributed by atoms with Gasteiger partial charge in [0, 0.05) is 61.4 Å². The standard InChI is InChI=1S/C30H34ClFN6O/c1-19(2)38-29(31)27(28(39)26-13-23(32)14-35-30(26)38)18-37(16-22-9-10-33-21(4)12-22)25-6-5-11-36(17-25)24-8-7-20(3)34-15-24/h7-10,12-15,19,25H,5-6,11,16-18H2,1-4H3/t25-/m0/s1. The number of halogens is 2. The molecule has 204 valence electrons. The van der Waals surface area contributed by atoms with Gasteiger partial charge in [0.2, 0.25) is 0 Å². The molecule has 0 aliphatic carbocycles. The van der Waals surface area contributed by atoms with Crippen LogP contribution in [0.25, 0.3) is 11.0 Å². The van der Waals surface area contributed by atoms with Crippen LogP contribution in [0.2, 0.25) is 5.15 Å². The summed E-state index contributed by atoms with van der Waals surface area (Å²) in [6.45, 7) is 10.6. The van der Waals surface area contributed by atoms with E-state index in [0.29, 0.717) is 29.5 Å². The molecule has 0 amide bonds. The molecular weight excluding hydrogens is 515 g/mol. The highest BCUT2D eigenvalue weighted by atomic mass is 35.5. The topological polar surface area (TPSA) is 67.2 Å². The minimum Gasteiger partial charge on any atom is -0.369 e. The number of hydrogen-bond acceptors (Lipinski definition) is 6. The predicted molar refractivity (Wildman–Crippen MR) is 154 cm³/mol. The minimum absolute atomic E-state index is 0.0622. The van der Waals surface area contributed by atoms with Crippen LogP contribution in [0.5, 0.6) is 0 Å². The van der Waals surface area contributed by atoms with Crippen LogP contribution in [0.1, 0.15) is 55.2 Å². The van der Waals surface area contributed by atoms with Crippen molar-refractivity contribution in [3.05, 3.63) is 92.6 Å². The summed E-state index contributed by atoms with van der Waals surface area (Å²) in [5, 5.41) is 0.603. The number of rotatable bonds is 7. The van der Waals surface area contributed by atoms with Crippen LogP contribution < -0.4 is 10.3 Å². The molecule has 0 bridgehead atoms. The smallest absolute Gasteiger partial charge is 0.197 e. The molecule has 1 saturated heterocycles.